The van der Waals surface area contributed by atoms with Crippen LogP contribution in [0.15, 0.2) is 65.1 Å². The van der Waals surface area contributed by atoms with Gasteiger partial charge in [-0.25, -0.2) is 13.6 Å². The van der Waals surface area contributed by atoms with Crippen LogP contribution >= 0.6 is 0 Å². The third-order valence-electron chi connectivity index (χ3n) is 5.10. The number of primary sulfonamides is 1. The van der Waals surface area contributed by atoms with E-state index in [2.05, 4.69) is 0 Å². The van der Waals surface area contributed by atoms with Gasteiger partial charge in [0.05, 0.1) is 10.5 Å². The van der Waals surface area contributed by atoms with Gasteiger partial charge in [-0.1, -0.05) is 24.3 Å². The third kappa shape index (κ3) is 3.14. The Hall–Kier alpha value is -3.29. The van der Waals surface area contributed by atoms with E-state index in [1.807, 2.05) is 24.5 Å². The first kappa shape index (κ1) is 19.0. The molecular formula is C22H18N2O4S. The number of hydrogen-bond donors (Lipinski definition) is 1. The van der Waals surface area contributed by atoms with Gasteiger partial charge in [-0.05, 0) is 55.8 Å². The summed E-state index contributed by atoms with van der Waals surface area (Å²) in [6.45, 7) is 3.78. The number of benzene rings is 2. The van der Waals surface area contributed by atoms with E-state index < -0.39 is 10.0 Å². The van der Waals surface area contributed by atoms with Crippen molar-refractivity contribution in [3.63, 3.8) is 0 Å². The molecule has 1 heterocycles. The van der Waals surface area contributed by atoms with E-state index in [1.54, 1.807) is 42.5 Å². The SMILES string of the molecule is Cc1cc(C=C2C(=O)c3ccccc3C2=O)c(C)n1-c1ccc(S(N)(=O)=O)cc1. The van der Waals surface area contributed by atoms with Crippen molar-refractivity contribution >= 4 is 27.7 Å². The predicted molar refractivity (Wildman–Crippen MR) is 110 cm³/mol. The van der Waals surface area contributed by atoms with Crippen molar-refractivity contribution in [1.82, 2.24) is 4.57 Å². The van der Waals surface area contributed by atoms with Crippen LogP contribution in [0.3, 0.4) is 0 Å². The van der Waals surface area contributed by atoms with Gasteiger partial charge in [0.1, 0.15) is 0 Å². The van der Waals surface area contributed by atoms with Gasteiger partial charge < -0.3 is 4.57 Å². The monoisotopic (exact) mass is 406 g/mol. The van der Waals surface area contributed by atoms with E-state index in [0.29, 0.717) is 11.1 Å². The fraction of sp³-hybridized carbons (Fsp3) is 0.0909. The number of ketones is 2. The van der Waals surface area contributed by atoms with Crippen molar-refractivity contribution in [3.8, 4) is 5.69 Å². The van der Waals surface area contributed by atoms with Crippen molar-refractivity contribution in [3.05, 3.63) is 88.2 Å². The molecular weight excluding hydrogens is 388 g/mol. The molecule has 6 nitrogen and oxygen atoms in total. The average Bonchev–Trinajstić information content (AvgIpc) is 3.10. The smallest absolute Gasteiger partial charge is 0.238 e. The summed E-state index contributed by atoms with van der Waals surface area (Å²) in [6, 6.07) is 14.9. The summed E-state index contributed by atoms with van der Waals surface area (Å²) >= 11 is 0. The van der Waals surface area contributed by atoms with Gasteiger partial charge in [-0.2, -0.15) is 0 Å². The Bertz CT molecular complexity index is 1280. The maximum absolute atomic E-state index is 12.7. The van der Waals surface area contributed by atoms with Crippen LogP contribution in [0.2, 0.25) is 0 Å². The van der Waals surface area contributed by atoms with Crippen LogP contribution in [-0.4, -0.2) is 24.6 Å². The van der Waals surface area contributed by atoms with Crippen LogP contribution in [0, 0.1) is 13.8 Å². The van der Waals surface area contributed by atoms with Crippen LogP contribution in [0.5, 0.6) is 0 Å². The summed E-state index contributed by atoms with van der Waals surface area (Å²) in [5.74, 6) is -0.541. The molecule has 0 amide bonds. The molecule has 146 valence electrons. The highest BCUT2D eigenvalue weighted by Crippen LogP contribution is 2.30. The van der Waals surface area contributed by atoms with E-state index in [4.69, 9.17) is 5.14 Å². The molecule has 7 heteroatoms. The Morgan fingerprint density at radius 3 is 1.97 bits per heavy atom. The Morgan fingerprint density at radius 2 is 1.45 bits per heavy atom. The Balaban J connectivity index is 1.77. The molecule has 0 radical (unpaired) electrons. The lowest BCUT2D eigenvalue weighted by molar-refractivity contribution is 0.0990. The minimum atomic E-state index is -3.76. The van der Waals surface area contributed by atoms with Crippen LogP contribution in [0.1, 0.15) is 37.7 Å². The number of hydrogen-bond acceptors (Lipinski definition) is 4. The second kappa shape index (κ2) is 6.65. The summed E-state index contributed by atoms with van der Waals surface area (Å²) in [6.07, 6.45) is 1.63. The number of rotatable bonds is 3. The van der Waals surface area contributed by atoms with Crippen molar-refractivity contribution in [1.29, 1.82) is 0 Å². The molecule has 0 saturated heterocycles. The zero-order valence-electron chi connectivity index (χ0n) is 15.8. The maximum atomic E-state index is 12.7. The number of Topliss-reactive ketones (excluding diaryl/α,β-unsaturated/α-hetero) is 2. The van der Waals surface area contributed by atoms with E-state index in [-0.39, 0.29) is 22.0 Å². The molecule has 0 bridgehead atoms. The summed E-state index contributed by atoms with van der Waals surface area (Å²) in [4.78, 5) is 25.3. The van der Waals surface area contributed by atoms with E-state index in [0.717, 1.165) is 22.6 Å². The molecule has 2 aromatic carbocycles. The average molecular weight is 406 g/mol. The first-order valence-corrected chi connectivity index (χ1v) is 10.5. The first-order valence-electron chi connectivity index (χ1n) is 8.91. The molecule has 0 unspecified atom stereocenters. The number of carbonyl (C=O) groups excluding carboxylic acids is 2. The van der Waals surface area contributed by atoms with Crippen LogP contribution in [-0.2, 0) is 10.0 Å². The lowest BCUT2D eigenvalue weighted by atomic mass is 10.1. The summed E-state index contributed by atoms with van der Waals surface area (Å²) < 4.78 is 24.9. The third-order valence-corrected chi connectivity index (χ3v) is 6.03. The number of aromatic nitrogens is 1. The number of nitrogens with zero attached hydrogens (tertiary/aromatic N) is 1. The summed E-state index contributed by atoms with van der Waals surface area (Å²) in [7, 11) is -3.76. The molecule has 2 N–H and O–H groups in total. The highest BCUT2D eigenvalue weighted by Gasteiger charge is 2.32. The van der Waals surface area contributed by atoms with Gasteiger partial charge in [0.2, 0.25) is 10.0 Å². The molecule has 0 atom stereocenters. The molecule has 3 aromatic rings. The van der Waals surface area contributed by atoms with Crippen molar-refractivity contribution in [2.45, 2.75) is 18.7 Å². The molecule has 1 aromatic heterocycles. The molecule has 4 rings (SSSR count). The number of sulfonamides is 1. The molecule has 1 aliphatic rings. The van der Waals surface area contributed by atoms with Gasteiger partial charge in [-0.3, -0.25) is 9.59 Å². The maximum Gasteiger partial charge on any atom is 0.238 e. The molecule has 0 spiro atoms. The van der Waals surface area contributed by atoms with Gasteiger partial charge in [0.25, 0.3) is 0 Å². The Labute approximate surface area is 168 Å². The predicted octanol–water partition coefficient (Wildman–Crippen LogP) is 3.20. The minimum Gasteiger partial charge on any atom is -0.318 e. The van der Waals surface area contributed by atoms with E-state index in [9.17, 15) is 18.0 Å². The van der Waals surface area contributed by atoms with Crippen molar-refractivity contribution in [2.24, 2.45) is 5.14 Å². The molecule has 0 fully saturated rings. The highest BCUT2D eigenvalue weighted by atomic mass is 32.2. The van der Waals surface area contributed by atoms with Crippen molar-refractivity contribution < 1.29 is 18.0 Å². The molecule has 0 aliphatic heterocycles. The number of nitrogens with two attached hydrogens (primary N) is 1. The number of allylic oxidation sites excluding steroid dienone is 1. The topological polar surface area (TPSA) is 99.2 Å². The van der Waals surface area contributed by atoms with Crippen LogP contribution in [0.4, 0.5) is 0 Å². The van der Waals surface area contributed by atoms with Gasteiger partial charge in [-0.15, -0.1) is 0 Å². The van der Waals surface area contributed by atoms with Gasteiger partial charge >= 0.3 is 0 Å². The minimum absolute atomic E-state index is 0.0333. The van der Waals surface area contributed by atoms with E-state index in [1.165, 1.54) is 12.1 Å². The number of carbonyl (C=O) groups is 2. The first-order chi connectivity index (χ1) is 13.7. The second-order valence-electron chi connectivity index (χ2n) is 6.96. The highest BCUT2D eigenvalue weighted by molar-refractivity contribution is 7.89. The zero-order chi connectivity index (χ0) is 20.9. The molecule has 1 aliphatic carbocycles. The fourth-order valence-electron chi connectivity index (χ4n) is 3.67. The number of fused-ring (bicyclic) bond motifs is 1. The molecule has 0 saturated carbocycles. The lowest BCUT2D eigenvalue weighted by Crippen LogP contribution is -2.12. The van der Waals surface area contributed by atoms with Gasteiger partial charge in [0, 0.05) is 28.2 Å². The normalized spacial score (nSPS) is 13.7. The fourth-order valence-corrected chi connectivity index (χ4v) is 4.19. The Kier molecular flexibility index (Phi) is 4.37. The van der Waals surface area contributed by atoms with Crippen LogP contribution in [0.25, 0.3) is 11.8 Å². The largest absolute Gasteiger partial charge is 0.318 e. The van der Waals surface area contributed by atoms with E-state index >= 15 is 0 Å². The number of aryl methyl sites for hydroxylation is 1. The quantitative estimate of drug-likeness (QED) is 0.533. The lowest BCUT2D eigenvalue weighted by Gasteiger charge is -2.10. The zero-order valence-corrected chi connectivity index (χ0v) is 16.7. The summed E-state index contributed by atoms with van der Waals surface area (Å²) in [5, 5.41) is 5.16. The Morgan fingerprint density at radius 1 is 0.897 bits per heavy atom. The van der Waals surface area contributed by atoms with Gasteiger partial charge in [0.15, 0.2) is 11.6 Å². The second-order valence-corrected chi connectivity index (χ2v) is 8.52. The summed E-state index contributed by atoms with van der Waals surface area (Å²) in [5.41, 5.74) is 4.22. The molecule has 29 heavy (non-hydrogen) atoms. The van der Waals surface area contributed by atoms with Crippen molar-refractivity contribution in [2.75, 3.05) is 0 Å². The standard InChI is InChI=1S/C22H18N2O4S/c1-13-11-15(12-20-21(25)18-5-3-4-6-19(18)22(20)26)14(2)24(13)16-7-9-17(10-8-16)29(23,27)28/h3-12H,1-2H3,(H2,23,27,28). The van der Waals surface area contributed by atoms with Crippen LogP contribution < -0.4 is 5.14 Å².